The number of nitrogens with two attached hydrogens (primary N) is 2. The third-order valence-corrected chi connectivity index (χ3v) is 1.84. The number of carbonyl (C=O) groups excluding carboxylic acids is 1. The molecular formula is C12H26N2O4. The van der Waals surface area contributed by atoms with Gasteiger partial charge in [0.1, 0.15) is 11.6 Å². The van der Waals surface area contributed by atoms with E-state index >= 15 is 0 Å². The van der Waals surface area contributed by atoms with E-state index in [1.165, 1.54) is 0 Å². The molecule has 0 spiro atoms. The molecule has 0 aliphatic heterocycles. The van der Waals surface area contributed by atoms with Crippen molar-refractivity contribution in [1.82, 2.24) is 0 Å². The smallest absolute Gasteiger partial charge is 0.405 e. The van der Waals surface area contributed by atoms with Crippen LogP contribution < -0.4 is 11.5 Å². The Hall–Kier alpha value is -1.30. The molecule has 0 saturated carbocycles. The van der Waals surface area contributed by atoms with E-state index in [1.807, 2.05) is 0 Å². The van der Waals surface area contributed by atoms with Gasteiger partial charge in [-0.3, -0.25) is 4.79 Å². The van der Waals surface area contributed by atoms with E-state index in [9.17, 15) is 9.59 Å². The fourth-order valence-electron chi connectivity index (χ4n) is 1.04. The summed E-state index contributed by atoms with van der Waals surface area (Å²) < 4.78 is 4.58. The van der Waals surface area contributed by atoms with Gasteiger partial charge in [0.25, 0.3) is 0 Å². The quantitative estimate of drug-likeness (QED) is 0.654. The minimum Gasteiger partial charge on any atom is -0.480 e. The number of hydrogen-bond acceptors (Lipinski definition) is 4. The monoisotopic (exact) mass is 262 g/mol. The van der Waals surface area contributed by atoms with Crippen molar-refractivity contribution in [2.45, 2.75) is 65.0 Å². The normalized spacial score (nSPS) is 12.1. The Morgan fingerprint density at radius 3 is 2.00 bits per heavy atom. The lowest BCUT2D eigenvalue weighted by Crippen LogP contribution is -2.29. The first-order valence-corrected chi connectivity index (χ1v) is 6.07. The third kappa shape index (κ3) is 17.1. The lowest BCUT2D eigenvalue weighted by molar-refractivity contribution is -0.138. The summed E-state index contributed by atoms with van der Waals surface area (Å²) in [5, 5.41) is 8.36. The summed E-state index contributed by atoms with van der Waals surface area (Å²) in [5.74, 6) is -0.892. The van der Waals surface area contributed by atoms with Gasteiger partial charge in [0, 0.05) is 0 Å². The highest BCUT2D eigenvalue weighted by molar-refractivity contribution is 5.72. The lowest BCUT2D eigenvalue weighted by atomic mass is 10.1. The van der Waals surface area contributed by atoms with Crippen LogP contribution in [-0.2, 0) is 9.53 Å². The summed E-state index contributed by atoms with van der Waals surface area (Å²) in [6, 6.07) is -0.661. The Bertz CT molecular complexity index is 249. The maximum Gasteiger partial charge on any atom is 0.405 e. The van der Waals surface area contributed by atoms with Crippen LogP contribution in [0.4, 0.5) is 4.79 Å². The van der Waals surface area contributed by atoms with Crippen molar-refractivity contribution in [2.24, 2.45) is 11.5 Å². The molecule has 0 fully saturated rings. The number of hydrogen-bond donors (Lipinski definition) is 3. The summed E-state index contributed by atoms with van der Waals surface area (Å²) in [4.78, 5) is 20.2. The highest BCUT2D eigenvalue weighted by Crippen LogP contribution is 2.04. The summed E-state index contributed by atoms with van der Waals surface area (Å²) in [5.41, 5.74) is 9.52. The molecule has 0 aromatic heterocycles. The van der Waals surface area contributed by atoms with Crippen molar-refractivity contribution in [1.29, 1.82) is 0 Å². The second-order valence-electron chi connectivity index (χ2n) is 4.97. The van der Waals surface area contributed by atoms with Crippen LogP contribution in [0.5, 0.6) is 0 Å². The van der Waals surface area contributed by atoms with Crippen LogP contribution in [0.3, 0.4) is 0 Å². The van der Waals surface area contributed by atoms with Crippen LogP contribution in [0.15, 0.2) is 0 Å². The minimum absolute atomic E-state index is 0.453. The molecule has 0 aromatic rings. The van der Waals surface area contributed by atoms with Crippen LogP contribution >= 0.6 is 0 Å². The molecular weight excluding hydrogens is 236 g/mol. The number of carbonyl (C=O) groups is 2. The predicted molar refractivity (Wildman–Crippen MR) is 70.2 cm³/mol. The first kappa shape index (κ1) is 19.0. The molecule has 0 saturated heterocycles. The number of rotatable bonds is 5. The Balaban J connectivity index is 0. The first-order chi connectivity index (χ1) is 8.10. The predicted octanol–water partition coefficient (Wildman–Crippen LogP) is 1.86. The molecule has 108 valence electrons. The highest BCUT2D eigenvalue weighted by atomic mass is 16.6. The number of carboxylic acids is 1. The Morgan fingerprint density at radius 1 is 1.28 bits per heavy atom. The zero-order valence-electron chi connectivity index (χ0n) is 11.7. The van der Waals surface area contributed by atoms with E-state index in [-0.39, 0.29) is 0 Å². The van der Waals surface area contributed by atoms with Crippen molar-refractivity contribution < 1.29 is 19.4 Å². The molecule has 5 N–H and O–H groups in total. The van der Waals surface area contributed by atoms with E-state index in [1.54, 1.807) is 20.8 Å². The highest BCUT2D eigenvalue weighted by Gasteiger charge is 2.12. The number of unbranched alkanes of at least 4 members (excludes halogenated alkanes) is 2. The molecule has 6 nitrogen and oxygen atoms in total. The Morgan fingerprint density at radius 2 is 1.78 bits per heavy atom. The molecule has 0 aromatic carbocycles. The second-order valence-corrected chi connectivity index (χ2v) is 4.97. The molecule has 0 aliphatic carbocycles. The van der Waals surface area contributed by atoms with Gasteiger partial charge in [0.2, 0.25) is 0 Å². The van der Waals surface area contributed by atoms with Gasteiger partial charge in [-0.2, -0.15) is 0 Å². The van der Waals surface area contributed by atoms with Gasteiger partial charge in [-0.15, -0.1) is 0 Å². The summed E-state index contributed by atoms with van der Waals surface area (Å²) in [6.45, 7) is 7.36. The molecule has 1 amide bonds. The van der Waals surface area contributed by atoms with Gasteiger partial charge >= 0.3 is 12.1 Å². The summed E-state index contributed by atoms with van der Waals surface area (Å²) >= 11 is 0. The van der Waals surface area contributed by atoms with Crippen LogP contribution in [0.2, 0.25) is 0 Å². The maximum atomic E-state index is 10.2. The van der Waals surface area contributed by atoms with E-state index in [2.05, 4.69) is 11.7 Å². The average molecular weight is 262 g/mol. The maximum absolute atomic E-state index is 10.2. The number of primary amides is 1. The lowest BCUT2D eigenvalue weighted by Gasteiger charge is -2.16. The Labute approximate surface area is 109 Å². The van der Waals surface area contributed by atoms with Crippen molar-refractivity contribution in [3.63, 3.8) is 0 Å². The number of amides is 1. The number of aliphatic carboxylic acids is 1. The fraction of sp³-hybridized carbons (Fsp3) is 0.833. The molecule has 0 heterocycles. The van der Waals surface area contributed by atoms with Gasteiger partial charge in [-0.1, -0.05) is 26.2 Å². The first-order valence-electron chi connectivity index (χ1n) is 6.07. The number of ether oxygens (including phenoxy) is 1. The topological polar surface area (TPSA) is 116 Å². The van der Waals surface area contributed by atoms with Crippen molar-refractivity contribution in [3.05, 3.63) is 0 Å². The van der Waals surface area contributed by atoms with Gasteiger partial charge in [0.15, 0.2) is 0 Å². The van der Waals surface area contributed by atoms with E-state index < -0.39 is 23.7 Å². The largest absolute Gasteiger partial charge is 0.480 e. The van der Waals surface area contributed by atoms with Gasteiger partial charge in [-0.05, 0) is 27.2 Å². The second kappa shape index (κ2) is 9.70. The van der Waals surface area contributed by atoms with Crippen molar-refractivity contribution in [2.75, 3.05) is 0 Å². The average Bonchev–Trinajstić information content (AvgIpc) is 2.14. The van der Waals surface area contributed by atoms with E-state index in [4.69, 9.17) is 16.6 Å². The molecule has 1 atom stereocenters. The minimum atomic E-state index is -0.892. The van der Waals surface area contributed by atoms with Crippen LogP contribution in [0.1, 0.15) is 53.4 Å². The molecule has 0 radical (unpaired) electrons. The van der Waals surface area contributed by atoms with Gasteiger partial charge in [0.05, 0.1) is 0 Å². The molecule has 18 heavy (non-hydrogen) atoms. The van der Waals surface area contributed by atoms with Crippen molar-refractivity contribution >= 4 is 12.1 Å². The molecule has 0 aliphatic rings. The molecule has 0 bridgehead atoms. The molecule has 0 unspecified atom stereocenters. The third-order valence-electron chi connectivity index (χ3n) is 1.84. The summed E-state index contributed by atoms with van der Waals surface area (Å²) in [7, 11) is 0. The molecule has 6 heteroatoms. The van der Waals surface area contributed by atoms with Crippen LogP contribution in [0.25, 0.3) is 0 Å². The van der Waals surface area contributed by atoms with Crippen molar-refractivity contribution in [3.8, 4) is 0 Å². The van der Waals surface area contributed by atoms with Gasteiger partial charge < -0.3 is 21.3 Å². The van der Waals surface area contributed by atoms with Gasteiger partial charge in [-0.25, -0.2) is 4.79 Å². The SMILES string of the molecule is CC(C)(C)OC(N)=O.CCCCC[C@H](N)C(=O)O. The Kier molecular flexibility index (Phi) is 10.3. The summed E-state index contributed by atoms with van der Waals surface area (Å²) in [6.07, 6.45) is 2.97. The van der Waals surface area contributed by atoms with E-state index in [0.717, 1.165) is 19.3 Å². The fourth-order valence-corrected chi connectivity index (χ4v) is 1.04. The van der Waals surface area contributed by atoms with Crippen LogP contribution in [-0.4, -0.2) is 28.8 Å². The zero-order chi connectivity index (χ0) is 14.8. The number of carboxylic acid groups (broad SMARTS) is 1. The standard InChI is InChI=1S/C7H15NO2.C5H11NO2/c1-2-3-4-5-6(8)7(9)10;1-5(2,3)8-4(6)7/h6H,2-5,8H2,1H3,(H,9,10);1-3H3,(H2,6,7)/t6-;/m0./s1. The zero-order valence-corrected chi connectivity index (χ0v) is 11.7. The molecule has 0 rings (SSSR count). The van der Waals surface area contributed by atoms with Crippen LogP contribution in [0, 0.1) is 0 Å². The van der Waals surface area contributed by atoms with E-state index in [0.29, 0.717) is 6.42 Å².